The van der Waals surface area contributed by atoms with Crippen LogP contribution in [0, 0.1) is 18.3 Å². The highest BCUT2D eigenvalue weighted by Crippen LogP contribution is 2.67. The molecule has 2 aromatic heterocycles. The maximum Gasteiger partial charge on any atom is 0.249 e. The van der Waals surface area contributed by atoms with Gasteiger partial charge in [-0.2, -0.15) is 0 Å². The van der Waals surface area contributed by atoms with Crippen molar-refractivity contribution in [2.24, 2.45) is 11.3 Å². The van der Waals surface area contributed by atoms with Gasteiger partial charge in [0.05, 0.1) is 19.9 Å². The van der Waals surface area contributed by atoms with Crippen molar-refractivity contribution in [3.05, 3.63) is 83.9 Å². The van der Waals surface area contributed by atoms with Crippen molar-refractivity contribution in [1.82, 2.24) is 9.88 Å². The summed E-state index contributed by atoms with van der Waals surface area (Å²) in [6.07, 6.45) is 1.93. The lowest BCUT2D eigenvalue weighted by Crippen LogP contribution is -2.54. The SMILES string of the molecule is COc1ccc(NC(=O)C(C)(C)N(Cc2ccco2)C(=O)C[C@H]2[C@@H](c3c(C)[nH]c4ccccc34)C2(C)C)cc1. The lowest BCUT2D eigenvalue weighted by atomic mass is 9.98. The molecule has 1 fully saturated rings. The highest BCUT2D eigenvalue weighted by Gasteiger charge is 2.60. The van der Waals surface area contributed by atoms with Crippen molar-refractivity contribution in [3.63, 3.8) is 0 Å². The molecule has 2 aromatic carbocycles. The van der Waals surface area contributed by atoms with Gasteiger partial charge in [-0.1, -0.05) is 32.0 Å². The molecule has 39 heavy (non-hydrogen) atoms. The summed E-state index contributed by atoms with van der Waals surface area (Å²) < 4.78 is 10.8. The van der Waals surface area contributed by atoms with Crippen molar-refractivity contribution in [2.75, 3.05) is 12.4 Å². The molecule has 7 nitrogen and oxygen atoms in total. The number of aryl methyl sites for hydroxylation is 1. The fourth-order valence-electron chi connectivity index (χ4n) is 5.93. The predicted octanol–water partition coefficient (Wildman–Crippen LogP) is 6.65. The molecule has 204 valence electrons. The van der Waals surface area contributed by atoms with Crippen LogP contribution in [0.4, 0.5) is 5.69 Å². The predicted molar refractivity (Wildman–Crippen MR) is 153 cm³/mol. The Bertz CT molecular complexity index is 1480. The number of amides is 2. The normalized spacial score (nSPS) is 18.1. The summed E-state index contributed by atoms with van der Waals surface area (Å²) >= 11 is 0. The summed E-state index contributed by atoms with van der Waals surface area (Å²) in [5.74, 6) is 1.40. The molecule has 2 amide bonds. The molecule has 2 N–H and O–H groups in total. The number of rotatable bonds is 9. The quantitative estimate of drug-likeness (QED) is 0.255. The molecule has 0 saturated heterocycles. The molecule has 0 bridgehead atoms. The lowest BCUT2D eigenvalue weighted by Gasteiger charge is -2.37. The second-order valence-electron chi connectivity index (χ2n) is 11.6. The van der Waals surface area contributed by atoms with E-state index in [1.807, 2.05) is 12.1 Å². The van der Waals surface area contributed by atoms with Gasteiger partial charge >= 0.3 is 0 Å². The van der Waals surface area contributed by atoms with Crippen LogP contribution in [0.25, 0.3) is 10.9 Å². The first kappa shape index (κ1) is 26.6. The zero-order valence-corrected chi connectivity index (χ0v) is 23.5. The molecule has 0 radical (unpaired) electrons. The minimum Gasteiger partial charge on any atom is -0.497 e. The molecule has 5 rings (SSSR count). The topological polar surface area (TPSA) is 87.6 Å². The minimum atomic E-state index is -1.13. The summed E-state index contributed by atoms with van der Waals surface area (Å²) in [5, 5.41) is 4.19. The van der Waals surface area contributed by atoms with E-state index in [4.69, 9.17) is 9.15 Å². The van der Waals surface area contributed by atoms with Crippen LogP contribution in [-0.2, 0) is 16.1 Å². The van der Waals surface area contributed by atoms with Crippen molar-refractivity contribution in [1.29, 1.82) is 0 Å². The Balaban J connectivity index is 1.39. The Morgan fingerprint density at radius 2 is 1.79 bits per heavy atom. The number of furan rings is 1. The van der Waals surface area contributed by atoms with Crippen LogP contribution >= 0.6 is 0 Å². The smallest absolute Gasteiger partial charge is 0.249 e. The van der Waals surface area contributed by atoms with E-state index in [1.165, 1.54) is 10.9 Å². The van der Waals surface area contributed by atoms with Crippen molar-refractivity contribution in [3.8, 4) is 5.75 Å². The van der Waals surface area contributed by atoms with Crippen LogP contribution in [0.5, 0.6) is 5.75 Å². The molecule has 1 aliphatic carbocycles. The summed E-state index contributed by atoms with van der Waals surface area (Å²) in [5.41, 5.74) is 3.02. The zero-order chi connectivity index (χ0) is 27.9. The number of nitrogens with zero attached hydrogens (tertiary/aromatic N) is 1. The maximum absolute atomic E-state index is 14.0. The molecule has 1 saturated carbocycles. The number of nitrogens with one attached hydrogen (secondary N) is 2. The van der Waals surface area contributed by atoms with Crippen LogP contribution < -0.4 is 10.1 Å². The molecule has 4 aromatic rings. The van der Waals surface area contributed by atoms with E-state index >= 15 is 0 Å². The number of fused-ring (bicyclic) bond motifs is 1. The summed E-state index contributed by atoms with van der Waals surface area (Å²) in [6, 6.07) is 19.1. The standard InChI is InChI=1S/C32H37N3O4/c1-20-28(24-11-7-8-12-26(24)33-20)29-25(31(29,2)3)18-27(36)35(19-23-10-9-17-39-23)32(4,5)30(37)34-21-13-15-22(38-6)16-14-21/h7-17,25,29,33H,18-19H2,1-6H3,(H,34,37)/t25-,29-/m0/s1. The van der Waals surface area contributed by atoms with E-state index in [0.29, 0.717) is 23.6 Å². The zero-order valence-electron chi connectivity index (χ0n) is 23.5. The second-order valence-corrected chi connectivity index (χ2v) is 11.6. The summed E-state index contributed by atoms with van der Waals surface area (Å²) in [6.45, 7) is 10.3. The highest BCUT2D eigenvalue weighted by atomic mass is 16.5. The van der Waals surface area contributed by atoms with E-state index in [2.05, 4.69) is 49.3 Å². The van der Waals surface area contributed by atoms with Gasteiger partial charge in [0.1, 0.15) is 17.0 Å². The Labute approximate surface area is 229 Å². The van der Waals surface area contributed by atoms with Gasteiger partial charge in [-0.3, -0.25) is 9.59 Å². The highest BCUT2D eigenvalue weighted by molar-refractivity contribution is 6.00. The maximum atomic E-state index is 14.0. The molecule has 0 spiro atoms. The van der Waals surface area contributed by atoms with Crippen LogP contribution in [0.1, 0.15) is 57.1 Å². The average Bonchev–Trinajstić information content (AvgIpc) is 3.28. The number of anilines is 1. The molecular weight excluding hydrogens is 490 g/mol. The minimum absolute atomic E-state index is 0.0444. The first-order valence-electron chi connectivity index (χ1n) is 13.4. The molecule has 2 heterocycles. The molecular formula is C32H37N3O4. The van der Waals surface area contributed by atoms with E-state index in [0.717, 1.165) is 11.2 Å². The lowest BCUT2D eigenvalue weighted by molar-refractivity contribution is -0.145. The number of methoxy groups -OCH3 is 1. The number of aromatic amines is 1. The number of aromatic nitrogens is 1. The number of para-hydroxylation sites is 1. The molecule has 0 aliphatic heterocycles. The van der Waals surface area contributed by atoms with Crippen LogP contribution in [0.3, 0.4) is 0 Å². The monoisotopic (exact) mass is 527 g/mol. The van der Waals surface area contributed by atoms with E-state index in [9.17, 15) is 9.59 Å². The Kier molecular flexibility index (Phi) is 6.79. The number of hydrogen-bond donors (Lipinski definition) is 2. The first-order valence-corrected chi connectivity index (χ1v) is 13.4. The van der Waals surface area contributed by atoms with Crippen LogP contribution in [0.15, 0.2) is 71.3 Å². The van der Waals surface area contributed by atoms with Gasteiger partial charge in [0.2, 0.25) is 11.8 Å². The molecule has 2 atom stereocenters. The van der Waals surface area contributed by atoms with Crippen molar-refractivity contribution in [2.45, 2.75) is 59.0 Å². The van der Waals surface area contributed by atoms with Gasteiger partial charge in [-0.25, -0.2) is 0 Å². The third-order valence-corrected chi connectivity index (χ3v) is 8.47. The van der Waals surface area contributed by atoms with Gasteiger partial charge in [-0.05, 0) is 86.1 Å². The second kappa shape index (κ2) is 9.95. The molecule has 0 unspecified atom stereocenters. The van der Waals surface area contributed by atoms with Crippen molar-refractivity contribution < 1.29 is 18.7 Å². The van der Waals surface area contributed by atoms with Gasteiger partial charge in [-0.15, -0.1) is 0 Å². The third kappa shape index (κ3) is 4.93. The van der Waals surface area contributed by atoms with Crippen LogP contribution in [-0.4, -0.2) is 34.3 Å². The summed E-state index contributed by atoms with van der Waals surface area (Å²) in [7, 11) is 1.60. The van der Waals surface area contributed by atoms with E-state index < -0.39 is 5.54 Å². The molecule has 1 aliphatic rings. The van der Waals surface area contributed by atoms with Gasteiger partial charge in [0.15, 0.2) is 0 Å². The number of hydrogen-bond acceptors (Lipinski definition) is 4. The largest absolute Gasteiger partial charge is 0.497 e. The Morgan fingerprint density at radius 3 is 2.46 bits per heavy atom. The van der Waals surface area contributed by atoms with E-state index in [-0.39, 0.29) is 35.6 Å². The van der Waals surface area contributed by atoms with Crippen LogP contribution in [0.2, 0.25) is 0 Å². The number of carbonyl (C=O) groups is 2. The number of H-pyrrole nitrogens is 1. The average molecular weight is 528 g/mol. The Morgan fingerprint density at radius 1 is 1.08 bits per heavy atom. The Hall–Kier alpha value is -4.00. The van der Waals surface area contributed by atoms with E-state index in [1.54, 1.807) is 62.5 Å². The fourth-order valence-corrected chi connectivity index (χ4v) is 5.93. The van der Waals surface area contributed by atoms with Gasteiger partial charge in [0.25, 0.3) is 0 Å². The number of ether oxygens (including phenoxy) is 1. The number of carbonyl (C=O) groups excluding carboxylic acids is 2. The summed E-state index contributed by atoms with van der Waals surface area (Å²) in [4.78, 5) is 32.8. The fraction of sp³-hybridized carbons (Fsp3) is 0.375. The first-order chi connectivity index (χ1) is 18.5. The van der Waals surface area contributed by atoms with Gasteiger partial charge < -0.3 is 24.4 Å². The third-order valence-electron chi connectivity index (χ3n) is 8.47. The van der Waals surface area contributed by atoms with Crippen molar-refractivity contribution >= 4 is 28.4 Å². The van der Waals surface area contributed by atoms with Gasteiger partial charge in [0, 0.05) is 28.7 Å². The number of benzene rings is 2. The molecule has 7 heteroatoms.